The van der Waals surface area contributed by atoms with E-state index in [9.17, 15) is 14.9 Å². The Morgan fingerprint density at radius 1 is 1.24 bits per heavy atom. The maximum absolute atomic E-state index is 12.4. The number of halogens is 2. The van der Waals surface area contributed by atoms with Gasteiger partial charge in [0.25, 0.3) is 11.6 Å². The Labute approximate surface area is 205 Å². The van der Waals surface area contributed by atoms with Crippen LogP contribution in [-0.4, -0.2) is 67.1 Å². The lowest BCUT2D eigenvalue weighted by molar-refractivity contribution is -0.385. The lowest BCUT2D eigenvalue weighted by Gasteiger charge is -2.34. The smallest absolute Gasteiger partial charge is 0.282 e. The van der Waals surface area contributed by atoms with Crippen molar-refractivity contribution in [2.75, 3.05) is 51.3 Å². The Hall–Kier alpha value is -2.66. The van der Waals surface area contributed by atoms with Gasteiger partial charge in [-0.3, -0.25) is 19.8 Å². The van der Waals surface area contributed by atoms with Crippen molar-refractivity contribution >= 4 is 62.3 Å². The molecule has 0 unspecified atom stereocenters. The van der Waals surface area contributed by atoms with E-state index < -0.39 is 10.8 Å². The predicted molar refractivity (Wildman–Crippen MR) is 133 cm³/mol. The van der Waals surface area contributed by atoms with E-state index in [1.54, 1.807) is 18.4 Å². The molecule has 1 fully saturated rings. The number of nitrogens with one attached hydrogen (secondary N) is 1. The Morgan fingerprint density at radius 2 is 2.00 bits per heavy atom. The maximum Gasteiger partial charge on any atom is 0.282 e. The number of thiazole rings is 1. The average Bonchev–Trinajstić information content (AvgIpc) is 3.22. The molecule has 12 heteroatoms. The monoisotopic (exact) mass is 511 g/mol. The number of anilines is 1. The first-order chi connectivity index (χ1) is 15.4. The number of hydrogen-bond acceptors (Lipinski definition) is 8. The van der Waals surface area contributed by atoms with Gasteiger partial charge in [0.15, 0.2) is 5.13 Å². The van der Waals surface area contributed by atoms with Crippen LogP contribution in [0.15, 0.2) is 36.4 Å². The van der Waals surface area contributed by atoms with E-state index >= 15 is 0 Å². The molecule has 33 heavy (non-hydrogen) atoms. The third kappa shape index (κ3) is 5.83. The summed E-state index contributed by atoms with van der Waals surface area (Å²) in [6.45, 7) is 4.41. The maximum atomic E-state index is 12.4. The van der Waals surface area contributed by atoms with E-state index in [-0.39, 0.29) is 28.7 Å². The molecule has 4 rings (SSSR count). The highest BCUT2D eigenvalue weighted by Crippen LogP contribution is 2.31. The lowest BCUT2D eigenvalue weighted by Crippen LogP contribution is -2.48. The first-order valence-corrected chi connectivity index (χ1v) is 11.3. The Kier molecular flexibility index (Phi) is 8.30. The quantitative estimate of drug-likeness (QED) is 0.379. The number of piperazine rings is 1. The zero-order valence-electron chi connectivity index (χ0n) is 17.8. The van der Waals surface area contributed by atoms with Gasteiger partial charge in [0, 0.05) is 50.4 Å². The fourth-order valence-corrected chi connectivity index (χ4v) is 4.81. The fraction of sp³-hybridized carbons (Fsp3) is 0.333. The zero-order valence-corrected chi connectivity index (χ0v) is 20.2. The van der Waals surface area contributed by atoms with Gasteiger partial charge in [-0.05, 0) is 30.3 Å². The van der Waals surface area contributed by atoms with Crippen molar-refractivity contribution in [3.05, 3.63) is 57.1 Å². The summed E-state index contributed by atoms with van der Waals surface area (Å²) in [4.78, 5) is 32.2. The van der Waals surface area contributed by atoms with E-state index in [0.29, 0.717) is 13.1 Å². The third-order valence-corrected chi connectivity index (χ3v) is 6.65. The molecule has 0 saturated carbocycles. The van der Waals surface area contributed by atoms with Crippen LogP contribution < -0.4 is 15.0 Å². The van der Waals surface area contributed by atoms with Crippen LogP contribution in [0, 0.1) is 10.1 Å². The molecule has 2 aromatic carbocycles. The second-order valence-corrected chi connectivity index (χ2v) is 8.78. The molecule has 1 aromatic heterocycles. The van der Waals surface area contributed by atoms with Gasteiger partial charge in [0.05, 0.1) is 22.2 Å². The first kappa shape index (κ1) is 25.0. The zero-order chi connectivity index (χ0) is 22.7. The molecule has 0 aliphatic carbocycles. The number of rotatable bonds is 7. The van der Waals surface area contributed by atoms with Crippen LogP contribution in [0.4, 0.5) is 10.8 Å². The first-order valence-electron chi connectivity index (χ1n) is 10.1. The molecule has 1 saturated heterocycles. The van der Waals surface area contributed by atoms with Crippen LogP contribution >= 0.6 is 35.3 Å². The number of nitro benzene ring substituents is 1. The minimum absolute atomic E-state index is 0. The molecule has 0 spiro atoms. The fourth-order valence-electron chi connectivity index (χ4n) is 3.59. The lowest BCUT2D eigenvalue weighted by atomic mass is 10.1. The van der Waals surface area contributed by atoms with Gasteiger partial charge in [-0.15, -0.1) is 12.4 Å². The largest absolute Gasteiger partial charge is 0.497 e. The molecule has 176 valence electrons. The second kappa shape index (κ2) is 11.0. The highest BCUT2D eigenvalue weighted by molar-refractivity contribution is 7.22. The topological polar surface area (TPSA) is 101 Å². The van der Waals surface area contributed by atoms with Gasteiger partial charge >= 0.3 is 0 Å². The molecule has 9 nitrogen and oxygen atoms in total. The molecule has 1 aliphatic heterocycles. The summed E-state index contributed by atoms with van der Waals surface area (Å²) >= 11 is 7.55. The number of nitrogens with zero attached hydrogens (tertiary/aromatic N) is 4. The number of fused-ring (bicyclic) bond motifs is 1. The molecule has 1 amide bonds. The summed E-state index contributed by atoms with van der Waals surface area (Å²) in [5, 5.41) is 15.2. The highest BCUT2D eigenvalue weighted by Gasteiger charge is 2.22. The van der Waals surface area contributed by atoms with Crippen molar-refractivity contribution < 1.29 is 14.5 Å². The van der Waals surface area contributed by atoms with Crippen molar-refractivity contribution in [1.29, 1.82) is 0 Å². The summed E-state index contributed by atoms with van der Waals surface area (Å²) in [6, 6.07) is 9.85. The van der Waals surface area contributed by atoms with E-state index in [4.69, 9.17) is 21.3 Å². The van der Waals surface area contributed by atoms with Gasteiger partial charge in [-0.2, -0.15) is 0 Å². The van der Waals surface area contributed by atoms with Crippen LogP contribution in [0.1, 0.15) is 10.4 Å². The number of methoxy groups -OCH3 is 1. The highest BCUT2D eigenvalue weighted by atomic mass is 35.5. The van der Waals surface area contributed by atoms with Crippen LogP contribution in [-0.2, 0) is 0 Å². The van der Waals surface area contributed by atoms with Gasteiger partial charge in [-0.1, -0.05) is 22.9 Å². The minimum Gasteiger partial charge on any atom is -0.497 e. The number of aromatic nitrogens is 1. The third-order valence-electron chi connectivity index (χ3n) is 5.34. The number of nitro groups is 1. The Bertz CT molecular complexity index is 1150. The van der Waals surface area contributed by atoms with Crippen LogP contribution in [0.25, 0.3) is 10.2 Å². The van der Waals surface area contributed by atoms with Crippen molar-refractivity contribution in [2.45, 2.75) is 0 Å². The van der Waals surface area contributed by atoms with Crippen molar-refractivity contribution in [1.82, 2.24) is 15.2 Å². The van der Waals surface area contributed by atoms with Gasteiger partial charge < -0.3 is 15.0 Å². The SMILES string of the molecule is COc1ccc2nc(N3CCN(CCNC(=O)c4cc(Cl)ccc4[N+](=O)[O-])CC3)sc2c1.Cl. The van der Waals surface area contributed by atoms with E-state index in [1.807, 2.05) is 18.2 Å². The van der Waals surface area contributed by atoms with Crippen LogP contribution in [0.5, 0.6) is 5.75 Å². The number of carbonyl (C=O) groups excluding carboxylic acids is 1. The molecule has 0 bridgehead atoms. The Morgan fingerprint density at radius 3 is 2.70 bits per heavy atom. The van der Waals surface area contributed by atoms with E-state index in [2.05, 4.69) is 15.1 Å². The van der Waals surface area contributed by atoms with Gasteiger partial charge in [0.2, 0.25) is 0 Å². The molecule has 0 radical (unpaired) electrons. The normalized spacial score (nSPS) is 14.1. The summed E-state index contributed by atoms with van der Waals surface area (Å²) in [5.74, 6) is 0.324. The standard InChI is InChI=1S/C21H22ClN5O4S.ClH/c1-31-15-3-4-17-19(13-15)32-21(24-17)26-10-8-25(9-11-26)7-6-23-20(28)16-12-14(22)2-5-18(16)27(29)30;/h2-5,12-13H,6-11H2,1H3,(H,23,28);1H. The van der Waals surface area contributed by atoms with Gasteiger partial charge in [-0.25, -0.2) is 4.98 Å². The summed E-state index contributed by atoms with van der Waals surface area (Å²) in [6.07, 6.45) is 0. The number of benzene rings is 2. The number of hydrogen-bond donors (Lipinski definition) is 1. The van der Waals surface area contributed by atoms with E-state index in [1.165, 1.54) is 18.2 Å². The number of ether oxygens (including phenoxy) is 1. The summed E-state index contributed by atoms with van der Waals surface area (Å²) < 4.78 is 6.38. The predicted octanol–water partition coefficient (Wildman–Crippen LogP) is 3.84. The van der Waals surface area contributed by atoms with E-state index in [0.717, 1.165) is 47.3 Å². The van der Waals surface area contributed by atoms with Crippen LogP contribution in [0.3, 0.4) is 0 Å². The number of amides is 1. The summed E-state index contributed by atoms with van der Waals surface area (Å²) in [7, 11) is 1.65. The molecule has 1 aliphatic rings. The van der Waals surface area contributed by atoms with Gasteiger partial charge in [0.1, 0.15) is 11.3 Å². The Balaban J connectivity index is 0.00000306. The van der Waals surface area contributed by atoms with Crippen molar-refractivity contribution in [2.24, 2.45) is 0 Å². The van der Waals surface area contributed by atoms with Crippen LogP contribution in [0.2, 0.25) is 5.02 Å². The minimum atomic E-state index is -0.581. The molecular weight excluding hydrogens is 489 g/mol. The summed E-state index contributed by atoms with van der Waals surface area (Å²) in [5.41, 5.74) is 0.680. The molecule has 0 atom stereocenters. The van der Waals surface area contributed by atoms with Crippen molar-refractivity contribution in [3.8, 4) is 5.75 Å². The second-order valence-electron chi connectivity index (χ2n) is 7.33. The molecular formula is C21H23Cl2N5O4S. The molecule has 3 aromatic rings. The average molecular weight is 512 g/mol. The van der Waals surface area contributed by atoms with Crippen molar-refractivity contribution in [3.63, 3.8) is 0 Å². The molecule has 1 N–H and O–H groups in total. The molecule has 2 heterocycles. The number of carbonyl (C=O) groups is 1.